The molecule has 0 bridgehead atoms. The number of nitrogens with one attached hydrogen (secondary N) is 3. The summed E-state index contributed by atoms with van der Waals surface area (Å²) < 4.78 is 0. The first kappa shape index (κ1) is 12.9. The normalized spacial score (nSPS) is 21.2. The Morgan fingerprint density at radius 3 is 2.95 bits per heavy atom. The maximum Gasteiger partial charge on any atom is 0.292 e. The Morgan fingerprint density at radius 2 is 2.25 bits per heavy atom. The van der Waals surface area contributed by atoms with E-state index in [0.717, 1.165) is 25.9 Å². The third-order valence-electron chi connectivity index (χ3n) is 3.70. The predicted molar refractivity (Wildman–Crippen MR) is 74.9 cm³/mol. The van der Waals surface area contributed by atoms with Crippen LogP contribution in [0.1, 0.15) is 18.4 Å². The van der Waals surface area contributed by atoms with E-state index in [4.69, 9.17) is 0 Å². The van der Waals surface area contributed by atoms with Crippen LogP contribution in [0.5, 0.6) is 0 Å². The van der Waals surface area contributed by atoms with E-state index in [1.807, 2.05) is 0 Å². The van der Waals surface area contributed by atoms with Crippen LogP contribution in [0.3, 0.4) is 0 Å². The van der Waals surface area contributed by atoms with Crippen LogP contribution in [-0.2, 0) is 11.2 Å². The maximum atomic E-state index is 11.4. The first-order valence-electron chi connectivity index (χ1n) is 6.72. The molecule has 0 aliphatic carbocycles. The molecule has 20 heavy (non-hydrogen) atoms. The Labute approximate surface area is 115 Å². The number of carbonyl (C=O) groups is 1. The highest BCUT2D eigenvalue weighted by atomic mass is 16.6. The first-order chi connectivity index (χ1) is 9.63. The summed E-state index contributed by atoms with van der Waals surface area (Å²) in [4.78, 5) is 22.2. The summed E-state index contributed by atoms with van der Waals surface area (Å²) in [5, 5.41) is 20.4. The molecule has 2 aliphatic rings. The molecule has 2 heterocycles. The van der Waals surface area contributed by atoms with Crippen LogP contribution in [0, 0.1) is 10.1 Å². The van der Waals surface area contributed by atoms with Gasteiger partial charge in [0.2, 0.25) is 5.91 Å². The van der Waals surface area contributed by atoms with Gasteiger partial charge in [0.1, 0.15) is 5.69 Å². The lowest BCUT2D eigenvalue weighted by Gasteiger charge is -2.24. The third kappa shape index (κ3) is 2.44. The quantitative estimate of drug-likeness (QED) is 0.570. The van der Waals surface area contributed by atoms with E-state index < -0.39 is 4.92 Å². The topological polar surface area (TPSA) is 96.3 Å². The second kappa shape index (κ2) is 5.09. The van der Waals surface area contributed by atoms with Gasteiger partial charge in [0.15, 0.2) is 0 Å². The highest BCUT2D eigenvalue weighted by Gasteiger charge is 2.26. The fourth-order valence-electron chi connectivity index (χ4n) is 2.72. The van der Waals surface area contributed by atoms with Crippen LogP contribution in [0.4, 0.5) is 17.1 Å². The average molecular weight is 276 g/mol. The molecule has 3 rings (SSSR count). The Hall–Kier alpha value is -2.15. The Morgan fingerprint density at radius 1 is 1.40 bits per heavy atom. The van der Waals surface area contributed by atoms with Crippen molar-refractivity contribution in [3.8, 4) is 0 Å². The van der Waals surface area contributed by atoms with E-state index in [1.54, 1.807) is 6.07 Å². The van der Waals surface area contributed by atoms with E-state index in [9.17, 15) is 14.9 Å². The molecule has 1 amide bonds. The Bertz CT molecular complexity index is 567. The maximum absolute atomic E-state index is 11.4. The number of anilines is 2. The van der Waals surface area contributed by atoms with Gasteiger partial charge in [-0.15, -0.1) is 0 Å². The van der Waals surface area contributed by atoms with E-state index in [0.29, 0.717) is 16.9 Å². The van der Waals surface area contributed by atoms with Crippen LogP contribution in [0.2, 0.25) is 0 Å². The van der Waals surface area contributed by atoms with Crippen LogP contribution in [-0.4, -0.2) is 30.0 Å². The van der Waals surface area contributed by atoms with Gasteiger partial charge in [0.25, 0.3) is 5.69 Å². The van der Waals surface area contributed by atoms with Crippen LogP contribution < -0.4 is 16.0 Å². The van der Waals surface area contributed by atoms with Gasteiger partial charge in [-0.05, 0) is 31.0 Å². The first-order valence-corrected chi connectivity index (χ1v) is 6.72. The van der Waals surface area contributed by atoms with Crippen molar-refractivity contribution in [2.24, 2.45) is 0 Å². The summed E-state index contributed by atoms with van der Waals surface area (Å²) >= 11 is 0. The number of piperidine rings is 1. The van der Waals surface area contributed by atoms with E-state index >= 15 is 0 Å². The lowest BCUT2D eigenvalue weighted by molar-refractivity contribution is -0.384. The zero-order valence-corrected chi connectivity index (χ0v) is 10.9. The molecule has 1 fully saturated rings. The van der Waals surface area contributed by atoms with Gasteiger partial charge < -0.3 is 16.0 Å². The lowest BCUT2D eigenvalue weighted by Crippen LogP contribution is -2.38. The largest absolute Gasteiger partial charge is 0.375 e. The highest BCUT2D eigenvalue weighted by molar-refractivity contribution is 6.00. The van der Waals surface area contributed by atoms with Gasteiger partial charge in [-0.1, -0.05) is 0 Å². The fourth-order valence-corrected chi connectivity index (χ4v) is 2.72. The number of hydrogen-bond donors (Lipinski definition) is 3. The summed E-state index contributed by atoms with van der Waals surface area (Å²) in [6.45, 7) is 1.78. The molecule has 1 atom stereocenters. The van der Waals surface area contributed by atoms with E-state index in [2.05, 4.69) is 16.0 Å². The number of hydrogen-bond acceptors (Lipinski definition) is 5. The summed E-state index contributed by atoms with van der Waals surface area (Å²) in [6.07, 6.45) is 2.24. The van der Waals surface area contributed by atoms with Gasteiger partial charge in [-0.2, -0.15) is 0 Å². The standard InChI is InChI=1S/C13H16N4O3/c18-13-5-8-4-12(17(19)20)11(6-10(8)16-13)15-9-2-1-3-14-7-9/h4,6,9,14-15H,1-3,5,7H2,(H,16,18). The Kier molecular flexibility index (Phi) is 3.27. The summed E-state index contributed by atoms with van der Waals surface area (Å²) in [7, 11) is 0. The van der Waals surface area contributed by atoms with E-state index in [-0.39, 0.29) is 24.1 Å². The van der Waals surface area contributed by atoms with Crippen molar-refractivity contribution in [1.82, 2.24) is 5.32 Å². The molecule has 1 aromatic carbocycles. The van der Waals surface area contributed by atoms with Crippen molar-refractivity contribution in [1.29, 1.82) is 0 Å². The summed E-state index contributed by atoms with van der Waals surface area (Å²) in [5.41, 5.74) is 1.87. The summed E-state index contributed by atoms with van der Waals surface area (Å²) in [6, 6.07) is 3.34. The van der Waals surface area contributed by atoms with Crippen LogP contribution >= 0.6 is 0 Å². The summed E-state index contributed by atoms with van der Waals surface area (Å²) in [5.74, 6) is -0.120. The number of amides is 1. The SMILES string of the molecule is O=C1Cc2cc([N+](=O)[O-])c(NC3CCCNC3)cc2N1. The van der Waals surface area contributed by atoms with Crippen LogP contribution in [0.15, 0.2) is 12.1 Å². The van der Waals surface area contributed by atoms with Gasteiger partial charge in [-0.25, -0.2) is 0 Å². The minimum absolute atomic E-state index is 0.0332. The number of nitrogens with zero attached hydrogens (tertiary/aromatic N) is 1. The average Bonchev–Trinajstić information content (AvgIpc) is 2.78. The molecule has 1 aromatic rings. The molecule has 1 unspecified atom stereocenters. The molecule has 0 spiro atoms. The van der Waals surface area contributed by atoms with Gasteiger partial charge in [0.05, 0.1) is 11.3 Å². The molecule has 7 nitrogen and oxygen atoms in total. The number of nitro groups is 1. The van der Waals surface area contributed by atoms with E-state index in [1.165, 1.54) is 6.07 Å². The molecule has 0 saturated carbocycles. The Balaban J connectivity index is 1.90. The van der Waals surface area contributed by atoms with Crippen molar-refractivity contribution in [2.45, 2.75) is 25.3 Å². The molecule has 2 aliphatic heterocycles. The zero-order chi connectivity index (χ0) is 14.1. The molecule has 106 valence electrons. The second-order valence-corrected chi connectivity index (χ2v) is 5.20. The molecular formula is C13H16N4O3. The van der Waals surface area contributed by atoms with Crippen molar-refractivity contribution in [3.63, 3.8) is 0 Å². The second-order valence-electron chi connectivity index (χ2n) is 5.20. The highest BCUT2D eigenvalue weighted by Crippen LogP contribution is 2.35. The number of carbonyl (C=O) groups excluding carboxylic acids is 1. The third-order valence-corrected chi connectivity index (χ3v) is 3.70. The molecule has 0 radical (unpaired) electrons. The van der Waals surface area contributed by atoms with Crippen molar-refractivity contribution >= 4 is 23.0 Å². The minimum atomic E-state index is -0.401. The molecule has 7 heteroatoms. The zero-order valence-electron chi connectivity index (χ0n) is 10.9. The smallest absolute Gasteiger partial charge is 0.292 e. The monoisotopic (exact) mass is 276 g/mol. The van der Waals surface area contributed by atoms with Crippen molar-refractivity contribution in [3.05, 3.63) is 27.8 Å². The fraction of sp³-hybridized carbons (Fsp3) is 0.462. The minimum Gasteiger partial charge on any atom is -0.375 e. The van der Waals surface area contributed by atoms with Gasteiger partial charge in [0, 0.05) is 24.3 Å². The number of nitro benzene ring substituents is 1. The number of rotatable bonds is 3. The lowest BCUT2D eigenvalue weighted by atomic mass is 10.1. The molecule has 3 N–H and O–H groups in total. The van der Waals surface area contributed by atoms with Crippen molar-refractivity contribution in [2.75, 3.05) is 23.7 Å². The van der Waals surface area contributed by atoms with Crippen molar-refractivity contribution < 1.29 is 9.72 Å². The number of fused-ring (bicyclic) bond motifs is 1. The van der Waals surface area contributed by atoms with Gasteiger partial charge >= 0.3 is 0 Å². The van der Waals surface area contributed by atoms with Gasteiger partial charge in [-0.3, -0.25) is 14.9 Å². The number of benzene rings is 1. The molecule has 0 aromatic heterocycles. The predicted octanol–water partition coefficient (Wildman–Crippen LogP) is 1.25. The molecular weight excluding hydrogens is 260 g/mol. The van der Waals surface area contributed by atoms with Crippen LogP contribution in [0.25, 0.3) is 0 Å². The molecule has 1 saturated heterocycles.